The summed E-state index contributed by atoms with van der Waals surface area (Å²) in [5, 5.41) is 10.4. The number of carbonyl (C=O) groups excluding carboxylic acids is 1. The molecule has 0 atom stereocenters. The molecule has 0 unspecified atom stereocenters. The van der Waals surface area contributed by atoms with Crippen molar-refractivity contribution < 1.29 is 14.6 Å². The molecule has 3 nitrogen and oxygen atoms in total. The van der Waals surface area contributed by atoms with Crippen LogP contribution in [-0.4, -0.2) is 18.5 Å². The first-order valence-corrected chi connectivity index (χ1v) is 4.82. The Labute approximate surface area is 84.6 Å². The Hall–Kier alpha value is -1.55. The van der Waals surface area contributed by atoms with Crippen LogP contribution >= 0.6 is 11.3 Å². The van der Waals surface area contributed by atoms with Crippen molar-refractivity contribution in [1.29, 1.82) is 0 Å². The van der Waals surface area contributed by atoms with Gasteiger partial charge in [-0.25, -0.2) is 0 Å². The molecular weight excluding hydrogens is 200 g/mol. The second-order valence-corrected chi connectivity index (χ2v) is 3.91. The van der Waals surface area contributed by atoms with Gasteiger partial charge in [-0.15, -0.1) is 11.3 Å². The topological polar surface area (TPSA) is 46.5 Å². The van der Waals surface area contributed by atoms with E-state index in [4.69, 9.17) is 4.74 Å². The molecule has 0 saturated heterocycles. The molecule has 1 aromatic carbocycles. The van der Waals surface area contributed by atoms with Gasteiger partial charge in [0, 0.05) is 10.1 Å². The molecule has 0 bridgehead atoms. The summed E-state index contributed by atoms with van der Waals surface area (Å²) in [7, 11) is 1.49. The number of rotatable bonds is 2. The van der Waals surface area contributed by atoms with Crippen molar-refractivity contribution in [1.82, 2.24) is 0 Å². The number of hydrogen-bond donors (Lipinski definition) is 1. The van der Waals surface area contributed by atoms with Gasteiger partial charge in [0.25, 0.3) is 0 Å². The molecule has 1 N–H and O–H groups in total. The maximum Gasteiger partial charge on any atom is 0.166 e. The number of aldehydes is 1. The maximum absolute atomic E-state index is 10.5. The van der Waals surface area contributed by atoms with E-state index in [0.717, 1.165) is 11.0 Å². The van der Waals surface area contributed by atoms with Crippen LogP contribution in [0.1, 0.15) is 9.67 Å². The maximum atomic E-state index is 10.5. The highest BCUT2D eigenvalue weighted by atomic mass is 32.1. The number of hydrogen-bond acceptors (Lipinski definition) is 4. The number of ether oxygens (including phenoxy) is 1. The minimum atomic E-state index is 0.0920. The normalized spacial score (nSPS) is 10.4. The van der Waals surface area contributed by atoms with Gasteiger partial charge in [-0.1, -0.05) is 0 Å². The molecule has 2 rings (SSSR count). The molecular formula is C10H8O3S. The summed E-state index contributed by atoms with van der Waals surface area (Å²) in [4.78, 5) is 11.1. The third-order valence-corrected chi connectivity index (χ3v) is 3.02. The molecule has 0 aliphatic rings. The fourth-order valence-electron chi connectivity index (χ4n) is 1.32. The van der Waals surface area contributed by atoms with Gasteiger partial charge in [0.1, 0.15) is 0 Å². The summed E-state index contributed by atoms with van der Waals surface area (Å²) in [6.45, 7) is 0. The second kappa shape index (κ2) is 3.31. The van der Waals surface area contributed by atoms with Crippen LogP contribution in [0.5, 0.6) is 11.5 Å². The third-order valence-electron chi connectivity index (χ3n) is 1.99. The van der Waals surface area contributed by atoms with Crippen molar-refractivity contribution in [2.45, 2.75) is 0 Å². The Morgan fingerprint density at radius 2 is 2.29 bits per heavy atom. The summed E-state index contributed by atoms with van der Waals surface area (Å²) in [5.41, 5.74) is 0. The van der Waals surface area contributed by atoms with Crippen molar-refractivity contribution >= 4 is 27.7 Å². The van der Waals surface area contributed by atoms with Crippen LogP contribution in [-0.2, 0) is 0 Å². The highest BCUT2D eigenvalue weighted by Gasteiger charge is 2.09. The predicted octanol–water partition coefficient (Wildman–Crippen LogP) is 2.43. The lowest BCUT2D eigenvalue weighted by Crippen LogP contribution is -1.82. The first kappa shape index (κ1) is 9.02. The highest BCUT2D eigenvalue weighted by molar-refractivity contribution is 7.20. The summed E-state index contributed by atoms with van der Waals surface area (Å²) in [5.74, 6) is 0.516. The number of methoxy groups -OCH3 is 1. The predicted molar refractivity (Wildman–Crippen MR) is 55.4 cm³/mol. The molecule has 0 saturated carbocycles. The number of fused-ring (bicyclic) bond motifs is 1. The van der Waals surface area contributed by atoms with Gasteiger partial charge in [-0.2, -0.15) is 0 Å². The molecule has 0 radical (unpaired) electrons. The smallest absolute Gasteiger partial charge is 0.166 e. The molecule has 4 heteroatoms. The number of carbonyl (C=O) groups is 1. The first-order valence-electron chi connectivity index (χ1n) is 4.01. The zero-order valence-electron chi connectivity index (χ0n) is 7.48. The SMILES string of the molecule is COc1ccc2sc(C=O)cc2c1O. The molecule has 1 aromatic heterocycles. The van der Waals surface area contributed by atoms with Crippen LogP contribution in [0, 0.1) is 0 Å². The van der Waals surface area contributed by atoms with E-state index in [1.807, 2.05) is 6.07 Å². The lowest BCUT2D eigenvalue weighted by Gasteiger charge is -2.02. The Balaban J connectivity index is 2.74. The Morgan fingerprint density at radius 3 is 2.93 bits per heavy atom. The quantitative estimate of drug-likeness (QED) is 0.771. The molecule has 0 aliphatic carbocycles. The summed E-state index contributed by atoms with van der Waals surface area (Å²) < 4.78 is 5.84. The molecule has 0 fully saturated rings. The molecule has 72 valence electrons. The van der Waals surface area contributed by atoms with E-state index >= 15 is 0 Å². The Kier molecular flexibility index (Phi) is 2.13. The zero-order chi connectivity index (χ0) is 10.1. The fraction of sp³-hybridized carbons (Fsp3) is 0.100. The lowest BCUT2D eigenvalue weighted by atomic mass is 10.2. The van der Waals surface area contributed by atoms with Gasteiger partial charge >= 0.3 is 0 Å². The second-order valence-electron chi connectivity index (χ2n) is 2.79. The van der Waals surface area contributed by atoms with Crippen molar-refractivity contribution in [2.24, 2.45) is 0 Å². The Bertz CT molecular complexity index is 487. The van der Waals surface area contributed by atoms with Gasteiger partial charge in [0.2, 0.25) is 0 Å². The third kappa shape index (κ3) is 1.24. The van der Waals surface area contributed by atoms with Crippen molar-refractivity contribution in [3.8, 4) is 11.5 Å². The van der Waals surface area contributed by atoms with E-state index in [-0.39, 0.29) is 5.75 Å². The molecule has 0 amide bonds. The van der Waals surface area contributed by atoms with E-state index < -0.39 is 0 Å². The number of phenolic OH excluding ortho intramolecular Hbond substituents is 1. The average molecular weight is 208 g/mol. The summed E-state index contributed by atoms with van der Waals surface area (Å²) >= 11 is 1.35. The molecule has 2 aromatic rings. The van der Waals surface area contributed by atoms with Gasteiger partial charge in [0.15, 0.2) is 17.8 Å². The van der Waals surface area contributed by atoms with E-state index in [0.29, 0.717) is 16.0 Å². The van der Waals surface area contributed by atoms with Gasteiger partial charge < -0.3 is 9.84 Å². The van der Waals surface area contributed by atoms with Crippen LogP contribution in [0.15, 0.2) is 18.2 Å². The van der Waals surface area contributed by atoms with Crippen LogP contribution in [0.2, 0.25) is 0 Å². The van der Waals surface area contributed by atoms with Crippen molar-refractivity contribution in [2.75, 3.05) is 7.11 Å². The van der Waals surface area contributed by atoms with Crippen LogP contribution in [0.4, 0.5) is 0 Å². The number of benzene rings is 1. The zero-order valence-corrected chi connectivity index (χ0v) is 8.30. The first-order chi connectivity index (χ1) is 6.76. The van der Waals surface area contributed by atoms with E-state index in [2.05, 4.69) is 0 Å². The fourth-order valence-corrected chi connectivity index (χ4v) is 2.20. The minimum absolute atomic E-state index is 0.0920. The highest BCUT2D eigenvalue weighted by Crippen LogP contribution is 2.38. The van der Waals surface area contributed by atoms with E-state index in [1.165, 1.54) is 18.4 Å². The lowest BCUT2D eigenvalue weighted by molar-refractivity contribution is 0.112. The molecule has 14 heavy (non-hydrogen) atoms. The summed E-state index contributed by atoms with van der Waals surface area (Å²) in [6.07, 6.45) is 0.774. The van der Waals surface area contributed by atoms with Gasteiger partial charge in [-0.3, -0.25) is 4.79 Å². The molecule has 1 heterocycles. The number of phenols is 1. The summed E-state index contributed by atoms with van der Waals surface area (Å²) in [6, 6.07) is 5.17. The molecule has 0 aliphatic heterocycles. The van der Waals surface area contributed by atoms with Crippen LogP contribution < -0.4 is 4.74 Å². The minimum Gasteiger partial charge on any atom is -0.504 e. The van der Waals surface area contributed by atoms with E-state index in [9.17, 15) is 9.90 Å². The largest absolute Gasteiger partial charge is 0.504 e. The van der Waals surface area contributed by atoms with Crippen LogP contribution in [0.3, 0.4) is 0 Å². The average Bonchev–Trinajstić information content (AvgIpc) is 2.62. The van der Waals surface area contributed by atoms with Crippen molar-refractivity contribution in [3.63, 3.8) is 0 Å². The van der Waals surface area contributed by atoms with Gasteiger partial charge in [-0.05, 0) is 18.2 Å². The number of aromatic hydroxyl groups is 1. The Morgan fingerprint density at radius 1 is 1.50 bits per heavy atom. The van der Waals surface area contributed by atoms with E-state index in [1.54, 1.807) is 12.1 Å². The van der Waals surface area contributed by atoms with Crippen LogP contribution in [0.25, 0.3) is 10.1 Å². The standard InChI is InChI=1S/C10H8O3S/c1-13-8-2-3-9-7(10(8)12)4-6(5-11)14-9/h2-5,12H,1H3. The number of thiophene rings is 1. The van der Waals surface area contributed by atoms with Gasteiger partial charge in [0.05, 0.1) is 12.0 Å². The van der Waals surface area contributed by atoms with Crippen molar-refractivity contribution in [3.05, 3.63) is 23.1 Å². The monoisotopic (exact) mass is 208 g/mol. The molecule has 0 spiro atoms.